The molecule has 1 atom stereocenters. The summed E-state index contributed by atoms with van der Waals surface area (Å²) in [7, 11) is 0.472. The lowest BCUT2D eigenvalue weighted by molar-refractivity contribution is 0.918. The van der Waals surface area contributed by atoms with E-state index in [-0.39, 0.29) is 0 Å². The first kappa shape index (κ1) is 43.6. The van der Waals surface area contributed by atoms with Gasteiger partial charge in [0.15, 0.2) is 0 Å². The predicted molar refractivity (Wildman–Crippen MR) is 277 cm³/mol. The quantitative estimate of drug-likeness (QED) is 0.0806. The molecule has 0 saturated carbocycles. The van der Waals surface area contributed by atoms with Crippen LogP contribution in [0.5, 0.6) is 0 Å². The van der Waals surface area contributed by atoms with Gasteiger partial charge in [-0.1, -0.05) is 212 Å². The van der Waals surface area contributed by atoms with E-state index in [9.17, 15) is 0 Å². The lowest BCUT2D eigenvalue weighted by Crippen LogP contribution is -2.02. The van der Waals surface area contributed by atoms with Gasteiger partial charge in [0.1, 0.15) is 0 Å². The molecule has 7 aromatic carbocycles. The van der Waals surface area contributed by atoms with Crippen molar-refractivity contribution in [1.82, 2.24) is 4.57 Å². The van der Waals surface area contributed by atoms with Crippen molar-refractivity contribution in [3.8, 4) is 39.1 Å². The lowest BCUT2D eigenvalue weighted by atomic mass is 9.93. The minimum absolute atomic E-state index is 0.472. The zero-order valence-corrected chi connectivity index (χ0v) is 38.2. The summed E-state index contributed by atoms with van der Waals surface area (Å²) in [5.41, 5.74) is 18.0. The summed E-state index contributed by atoms with van der Waals surface area (Å²) in [5, 5.41) is 5.07. The summed E-state index contributed by atoms with van der Waals surface area (Å²) in [6.07, 6.45) is 10.9. The SMILES string of the molecule is C=C/C(=C\C)c1cccc(-c2ccccc2)c1-n1c2ccccc2c2cc(-c3ccc(PC(=C/C)/C=C(\C(=C)C)c4ccccc4CCC)c(-c4ccccc4)c3)ccc21.CC. The zero-order valence-electron chi connectivity index (χ0n) is 37.2. The second-order valence-electron chi connectivity index (χ2n) is 15.3. The molecule has 0 fully saturated rings. The summed E-state index contributed by atoms with van der Waals surface area (Å²) in [5.74, 6) is 0. The van der Waals surface area contributed by atoms with Crippen molar-refractivity contribution >= 4 is 46.8 Å². The van der Waals surface area contributed by atoms with Crippen LogP contribution in [0.4, 0.5) is 0 Å². The zero-order chi connectivity index (χ0) is 43.6. The average Bonchev–Trinajstić information content (AvgIpc) is 3.65. The molecule has 0 spiro atoms. The van der Waals surface area contributed by atoms with Crippen LogP contribution in [0.3, 0.4) is 0 Å². The van der Waals surface area contributed by atoms with Crippen LogP contribution in [0.2, 0.25) is 0 Å². The van der Waals surface area contributed by atoms with Gasteiger partial charge in [0.05, 0.1) is 16.7 Å². The molecule has 2 heteroatoms. The highest BCUT2D eigenvalue weighted by molar-refractivity contribution is 7.52. The summed E-state index contributed by atoms with van der Waals surface area (Å²) in [6, 6.07) is 59.9. The monoisotopic (exact) mass is 823 g/mol. The van der Waals surface area contributed by atoms with Crippen molar-refractivity contribution in [2.24, 2.45) is 0 Å². The fourth-order valence-corrected chi connectivity index (χ4v) is 9.73. The van der Waals surface area contributed by atoms with Crippen molar-refractivity contribution < 1.29 is 0 Å². The Hall–Kier alpha value is -6.53. The van der Waals surface area contributed by atoms with E-state index in [1.165, 1.54) is 82.5 Å². The van der Waals surface area contributed by atoms with Crippen molar-refractivity contribution in [1.29, 1.82) is 0 Å². The number of hydrogen-bond acceptors (Lipinski definition) is 0. The summed E-state index contributed by atoms with van der Waals surface area (Å²) >= 11 is 0. The van der Waals surface area contributed by atoms with Crippen LogP contribution < -0.4 is 5.30 Å². The van der Waals surface area contributed by atoms with Crippen LogP contribution in [0.1, 0.15) is 64.7 Å². The van der Waals surface area contributed by atoms with E-state index in [1.807, 2.05) is 19.9 Å². The summed E-state index contributed by atoms with van der Waals surface area (Å²) in [4.78, 5) is 0. The first-order valence-corrected chi connectivity index (χ1v) is 23.0. The normalized spacial score (nSPS) is 12.2. The molecule has 0 amide bonds. The Labute approximate surface area is 372 Å². The number of nitrogens with zero attached hydrogens (tertiary/aromatic N) is 1. The topological polar surface area (TPSA) is 4.93 Å². The first-order chi connectivity index (χ1) is 30.4. The number of para-hydroxylation sites is 2. The van der Waals surface area contributed by atoms with Crippen molar-refractivity contribution in [3.05, 3.63) is 229 Å². The van der Waals surface area contributed by atoms with Gasteiger partial charge in [-0.05, 0) is 118 Å². The number of aryl methyl sites for hydroxylation is 1. The van der Waals surface area contributed by atoms with Gasteiger partial charge >= 0.3 is 0 Å². The van der Waals surface area contributed by atoms with Gasteiger partial charge in [0.2, 0.25) is 0 Å². The van der Waals surface area contributed by atoms with Crippen LogP contribution in [0.15, 0.2) is 212 Å². The van der Waals surface area contributed by atoms with Crippen LogP contribution in [-0.2, 0) is 6.42 Å². The molecule has 0 bridgehead atoms. The summed E-state index contributed by atoms with van der Waals surface area (Å²) in [6.45, 7) is 21.3. The lowest BCUT2D eigenvalue weighted by Gasteiger charge is -2.19. The standard InChI is InChI=1S/C58H52NP.C2H6/c1-7-22-42-27-17-18-28-48(42)52(40(5)6)39-47(10-4)60-57-36-34-46(37-53(57)44-25-15-12-16-26-44)45-33-35-56-54(38-45)51-29-19-20-32-55(51)59(56)58-49(41(8-2)9-3)30-21-31-50(58)43-23-13-11-14-24-43;1-2/h8-21,23-39,60H,2,5,7,22H2,1,3-4,6H3;1-2H3/b41-9+,47-10+,52-39+;. The molecule has 1 unspecified atom stereocenters. The molecule has 62 heavy (non-hydrogen) atoms. The number of hydrogen-bond donors (Lipinski definition) is 0. The Balaban J connectivity index is 0.00000285. The third-order valence-corrected chi connectivity index (χ3v) is 12.9. The highest BCUT2D eigenvalue weighted by Crippen LogP contribution is 2.42. The molecule has 0 aliphatic rings. The molecule has 1 heterocycles. The minimum Gasteiger partial charge on any atom is -0.308 e. The van der Waals surface area contributed by atoms with Gasteiger partial charge in [-0.15, -0.1) is 0 Å². The number of aromatic nitrogens is 1. The molecule has 0 aliphatic carbocycles. The van der Waals surface area contributed by atoms with Crippen LogP contribution in [0.25, 0.3) is 72.0 Å². The Kier molecular flexibility index (Phi) is 14.3. The molecule has 1 nitrogen and oxygen atoms in total. The van der Waals surface area contributed by atoms with Gasteiger partial charge in [0.25, 0.3) is 0 Å². The third-order valence-electron chi connectivity index (χ3n) is 11.5. The Morgan fingerprint density at radius 2 is 1.21 bits per heavy atom. The van der Waals surface area contributed by atoms with Crippen molar-refractivity contribution in [2.75, 3.05) is 0 Å². The maximum Gasteiger partial charge on any atom is 0.0618 e. The number of rotatable bonds is 13. The molecular weight excluding hydrogens is 766 g/mol. The highest BCUT2D eigenvalue weighted by atomic mass is 31.1. The van der Waals surface area contributed by atoms with Crippen molar-refractivity contribution in [3.63, 3.8) is 0 Å². The van der Waals surface area contributed by atoms with Gasteiger partial charge in [0, 0.05) is 21.9 Å². The van der Waals surface area contributed by atoms with E-state index in [1.54, 1.807) is 0 Å². The van der Waals surface area contributed by atoms with E-state index in [0.717, 1.165) is 35.2 Å². The molecule has 0 N–H and O–H groups in total. The number of allylic oxidation sites excluding steroid dienone is 8. The van der Waals surface area contributed by atoms with E-state index in [0.29, 0.717) is 8.58 Å². The molecule has 0 radical (unpaired) electrons. The number of benzene rings is 7. The Morgan fingerprint density at radius 1 is 0.597 bits per heavy atom. The molecule has 308 valence electrons. The van der Waals surface area contributed by atoms with Gasteiger partial charge in [-0.2, -0.15) is 0 Å². The van der Waals surface area contributed by atoms with Crippen molar-refractivity contribution in [2.45, 2.75) is 54.4 Å². The van der Waals surface area contributed by atoms with Gasteiger partial charge in [-0.25, -0.2) is 0 Å². The van der Waals surface area contributed by atoms with E-state index in [2.05, 4.69) is 227 Å². The van der Waals surface area contributed by atoms with E-state index >= 15 is 0 Å². The second kappa shape index (κ2) is 20.4. The highest BCUT2D eigenvalue weighted by Gasteiger charge is 2.21. The van der Waals surface area contributed by atoms with E-state index in [4.69, 9.17) is 0 Å². The van der Waals surface area contributed by atoms with E-state index < -0.39 is 0 Å². The molecule has 0 saturated heterocycles. The minimum atomic E-state index is 0.472. The second-order valence-corrected chi connectivity index (χ2v) is 16.7. The maximum absolute atomic E-state index is 4.43. The van der Waals surface area contributed by atoms with Crippen LogP contribution in [0, 0.1) is 0 Å². The molecule has 1 aromatic heterocycles. The largest absolute Gasteiger partial charge is 0.308 e. The number of fused-ring (bicyclic) bond motifs is 3. The molecule has 8 aromatic rings. The fourth-order valence-electron chi connectivity index (χ4n) is 8.54. The van der Waals surface area contributed by atoms with Gasteiger partial charge < -0.3 is 4.57 Å². The molecular formula is C60H58NP. The predicted octanol–water partition coefficient (Wildman–Crippen LogP) is 17.2. The average molecular weight is 824 g/mol. The van der Waals surface area contributed by atoms with Crippen LogP contribution >= 0.6 is 8.58 Å². The Bertz CT molecular complexity index is 2950. The molecule has 8 rings (SSSR count). The van der Waals surface area contributed by atoms with Crippen LogP contribution in [-0.4, -0.2) is 4.57 Å². The summed E-state index contributed by atoms with van der Waals surface area (Å²) < 4.78 is 2.46. The smallest absolute Gasteiger partial charge is 0.0618 e. The Morgan fingerprint density at radius 3 is 1.89 bits per heavy atom. The first-order valence-electron chi connectivity index (χ1n) is 22.0. The third kappa shape index (κ3) is 8.92. The molecule has 0 aliphatic heterocycles. The fraction of sp³-hybridized carbons (Fsp3) is 0.133. The maximum atomic E-state index is 4.43. The van der Waals surface area contributed by atoms with Gasteiger partial charge in [-0.3, -0.25) is 0 Å².